The van der Waals surface area contributed by atoms with E-state index >= 15 is 0 Å². The molecule has 0 fully saturated rings. The summed E-state index contributed by atoms with van der Waals surface area (Å²) in [6, 6.07) is 15.1. The Morgan fingerprint density at radius 2 is 1.70 bits per heavy atom. The summed E-state index contributed by atoms with van der Waals surface area (Å²) in [5.41, 5.74) is 3.30. The molecule has 2 aromatic heterocycles. The van der Waals surface area contributed by atoms with Gasteiger partial charge in [-0.15, -0.1) is 0 Å². The molecule has 0 aliphatic heterocycles. The number of fused-ring (bicyclic) bond motifs is 1. The third kappa shape index (κ3) is 5.88. The van der Waals surface area contributed by atoms with E-state index in [2.05, 4.69) is 25.0 Å². The van der Waals surface area contributed by atoms with Gasteiger partial charge in [-0.3, -0.25) is 4.79 Å². The molecule has 11 heteroatoms. The number of carbonyl (C=O) groups is 1. The highest BCUT2D eigenvalue weighted by Gasteiger charge is 2.16. The second-order valence-electron chi connectivity index (χ2n) is 7.20. The molecule has 170 valence electrons. The van der Waals surface area contributed by atoms with Gasteiger partial charge in [-0.1, -0.05) is 23.9 Å². The fraction of sp³-hybridized carbons (Fsp3) is 0.182. The summed E-state index contributed by atoms with van der Waals surface area (Å²) >= 11 is 1.36. The Kier molecular flexibility index (Phi) is 6.61. The minimum absolute atomic E-state index is 0.0151. The molecular weight excluding hydrogens is 462 g/mol. The number of para-hydroxylation sites is 2. The van der Waals surface area contributed by atoms with E-state index in [1.54, 1.807) is 19.9 Å². The number of aryl methyl sites for hydroxylation is 2. The molecule has 1 amide bonds. The number of amides is 1. The summed E-state index contributed by atoms with van der Waals surface area (Å²) in [5, 5.41) is 3.27. The van der Waals surface area contributed by atoms with Gasteiger partial charge in [0.2, 0.25) is 11.9 Å². The second-order valence-corrected chi connectivity index (χ2v) is 9.93. The van der Waals surface area contributed by atoms with E-state index < -0.39 is 10.0 Å². The number of aromatic nitrogens is 3. The van der Waals surface area contributed by atoms with Gasteiger partial charge in [0.05, 0.1) is 4.90 Å². The SMILES string of the molecule is Cc1cc(C)nc(NS(=O)(=O)c2ccc(NC(=O)CCSc3nc4ccccc4o3)cc2)n1. The van der Waals surface area contributed by atoms with Crippen LogP contribution in [0.5, 0.6) is 0 Å². The number of anilines is 2. The lowest BCUT2D eigenvalue weighted by Gasteiger charge is -2.09. The van der Waals surface area contributed by atoms with E-state index in [4.69, 9.17) is 4.42 Å². The van der Waals surface area contributed by atoms with Crippen LogP contribution in [0, 0.1) is 13.8 Å². The normalized spacial score (nSPS) is 11.5. The zero-order valence-electron chi connectivity index (χ0n) is 17.9. The number of benzene rings is 2. The molecule has 33 heavy (non-hydrogen) atoms. The Labute approximate surface area is 195 Å². The molecule has 0 saturated heterocycles. The number of thioether (sulfide) groups is 1. The lowest BCUT2D eigenvalue weighted by atomic mass is 10.3. The monoisotopic (exact) mass is 483 g/mol. The quantitative estimate of drug-likeness (QED) is 0.358. The van der Waals surface area contributed by atoms with Crippen molar-refractivity contribution in [1.82, 2.24) is 15.0 Å². The van der Waals surface area contributed by atoms with E-state index in [9.17, 15) is 13.2 Å². The fourth-order valence-electron chi connectivity index (χ4n) is 3.04. The highest BCUT2D eigenvalue weighted by molar-refractivity contribution is 7.99. The number of hydrogen-bond donors (Lipinski definition) is 2. The van der Waals surface area contributed by atoms with Gasteiger partial charge in [0.1, 0.15) is 5.52 Å². The van der Waals surface area contributed by atoms with Gasteiger partial charge >= 0.3 is 0 Å². The molecular formula is C22H21N5O4S2. The van der Waals surface area contributed by atoms with E-state index in [1.165, 1.54) is 36.0 Å². The van der Waals surface area contributed by atoms with Crippen molar-refractivity contribution in [1.29, 1.82) is 0 Å². The molecule has 0 aliphatic carbocycles. The molecule has 2 heterocycles. The zero-order valence-corrected chi connectivity index (χ0v) is 19.5. The lowest BCUT2D eigenvalue weighted by Crippen LogP contribution is -2.16. The van der Waals surface area contributed by atoms with E-state index in [1.807, 2.05) is 24.3 Å². The average molecular weight is 484 g/mol. The van der Waals surface area contributed by atoms with Gasteiger partial charge in [0, 0.05) is 29.2 Å². The molecule has 0 radical (unpaired) electrons. The summed E-state index contributed by atoms with van der Waals surface area (Å²) in [6.45, 7) is 3.52. The molecule has 0 bridgehead atoms. The summed E-state index contributed by atoms with van der Waals surface area (Å²) < 4.78 is 33.2. The number of hydrogen-bond acceptors (Lipinski definition) is 8. The maximum Gasteiger partial charge on any atom is 0.264 e. The third-order valence-electron chi connectivity index (χ3n) is 4.49. The first kappa shape index (κ1) is 22.7. The third-order valence-corrected chi connectivity index (χ3v) is 6.66. The van der Waals surface area contributed by atoms with E-state index in [0.29, 0.717) is 33.6 Å². The predicted molar refractivity (Wildman–Crippen MR) is 127 cm³/mol. The molecule has 0 saturated carbocycles. The van der Waals surface area contributed by atoms with Crippen LogP contribution in [0.15, 0.2) is 69.1 Å². The van der Waals surface area contributed by atoms with Crippen LogP contribution in [0.4, 0.5) is 11.6 Å². The first-order chi connectivity index (χ1) is 15.8. The maximum atomic E-state index is 12.6. The van der Waals surface area contributed by atoms with Crippen molar-refractivity contribution in [3.8, 4) is 0 Å². The highest BCUT2D eigenvalue weighted by Crippen LogP contribution is 2.24. The lowest BCUT2D eigenvalue weighted by molar-refractivity contribution is -0.115. The Hall–Kier alpha value is -3.44. The number of carbonyl (C=O) groups excluding carboxylic acids is 1. The van der Waals surface area contributed by atoms with Crippen LogP contribution in [-0.2, 0) is 14.8 Å². The first-order valence-corrected chi connectivity index (χ1v) is 12.5. The fourth-order valence-corrected chi connectivity index (χ4v) is 4.75. The van der Waals surface area contributed by atoms with Crippen molar-refractivity contribution < 1.29 is 17.6 Å². The van der Waals surface area contributed by atoms with Crippen LogP contribution < -0.4 is 10.0 Å². The topological polar surface area (TPSA) is 127 Å². The standard InChI is InChI=1S/C22H21N5O4S2/c1-14-13-15(2)24-21(23-14)27-33(29,30)17-9-7-16(8-10-17)25-20(28)11-12-32-22-26-18-5-3-4-6-19(18)31-22/h3-10,13H,11-12H2,1-2H3,(H,25,28)(H,23,24,27). The molecule has 2 N–H and O–H groups in total. The van der Waals surface area contributed by atoms with Crippen molar-refractivity contribution in [3.63, 3.8) is 0 Å². The second kappa shape index (κ2) is 9.59. The van der Waals surface area contributed by atoms with E-state index in [-0.39, 0.29) is 23.2 Å². The average Bonchev–Trinajstić information content (AvgIpc) is 3.16. The number of rotatable bonds is 8. The van der Waals surface area contributed by atoms with Gasteiger partial charge in [-0.05, 0) is 56.3 Å². The smallest absolute Gasteiger partial charge is 0.264 e. The van der Waals surface area contributed by atoms with E-state index in [0.717, 1.165) is 5.52 Å². The van der Waals surface area contributed by atoms with Crippen molar-refractivity contribution in [2.75, 3.05) is 15.8 Å². The van der Waals surface area contributed by atoms with Crippen LogP contribution in [0.2, 0.25) is 0 Å². The highest BCUT2D eigenvalue weighted by atomic mass is 32.2. The van der Waals surface area contributed by atoms with Gasteiger partial charge in [-0.2, -0.15) is 0 Å². The Morgan fingerprint density at radius 1 is 1.00 bits per heavy atom. The van der Waals surface area contributed by atoms with Crippen molar-refractivity contribution >= 4 is 50.4 Å². The summed E-state index contributed by atoms with van der Waals surface area (Å²) in [7, 11) is -3.86. The molecule has 4 rings (SSSR count). The predicted octanol–water partition coefficient (Wildman–Crippen LogP) is 4.16. The molecule has 0 unspecified atom stereocenters. The first-order valence-electron chi connectivity index (χ1n) is 10.0. The van der Waals surface area contributed by atoms with Crippen molar-refractivity contribution in [2.45, 2.75) is 30.4 Å². The number of nitrogens with one attached hydrogen (secondary N) is 2. The maximum absolute atomic E-state index is 12.6. The zero-order chi connectivity index (χ0) is 23.4. The Balaban J connectivity index is 1.31. The van der Waals surface area contributed by atoms with Crippen LogP contribution in [-0.4, -0.2) is 35.0 Å². The number of oxazole rings is 1. The molecule has 4 aromatic rings. The van der Waals surface area contributed by atoms with Crippen LogP contribution in [0.25, 0.3) is 11.1 Å². The van der Waals surface area contributed by atoms with Crippen molar-refractivity contribution in [3.05, 3.63) is 66.0 Å². The molecule has 9 nitrogen and oxygen atoms in total. The van der Waals surface area contributed by atoms with Crippen LogP contribution in [0.3, 0.4) is 0 Å². The summed E-state index contributed by atoms with van der Waals surface area (Å²) in [4.78, 5) is 24.8. The number of nitrogens with zero attached hydrogens (tertiary/aromatic N) is 3. The summed E-state index contributed by atoms with van der Waals surface area (Å²) in [6.07, 6.45) is 0.245. The molecule has 2 aromatic carbocycles. The molecule has 0 spiro atoms. The minimum atomic E-state index is -3.86. The summed E-state index contributed by atoms with van der Waals surface area (Å²) in [5.74, 6) is 0.308. The molecule has 0 aliphatic rings. The van der Waals surface area contributed by atoms with Crippen molar-refractivity contribution in [2.24, 2.45) is 0 Å². The molecule has 0 atom stereocenters. The Bertz CT molecular complexity index is 1350. The van der Waals surface area contributed by atoms with Gasteiger partial charge in [0.15, 0.2) is 5.58 Å². The largest absolute Gasteiger partial charge is 0.431 e. The Morgan fingerprint density at radius 3 is 2.39 bits per heavy atom. The minimum Gasteiger partial charge on any atom is -0.431 e. The van der Waals surface area contributed by atoms with Gasteiger partial charge < -0.3 is 9.73 Å². The van der Waals surface area contributed by atoms with Gasteiger partial charge in [-0.25, -0.2) is 28.1 Å². The van der Waals surface area contributed by atoms with Gasteiger partial charge in [0.25, 0.3) is 15.2 Å². The van der Waals surface area contributed by atoms with Crippen LogP contribution >= 0.6 is 11.8 Å². The number of sulfonamides is 1. The van der Waals surface area contributed by atoms with Crippen LogP contribution in [0.1, 0.15) is 17.8 Å².